The van der Waals surface area contributed by atoms with Crippen molar-refractivity contribution >= 4 is 33.2 Å². The third kappa shape index (κ3) is 3.92. The molecule has 2 aromatic carbocycles. The number of ether oxygens (including phenoxy) is 1. The summed E-state index contributed by atoms with van der Waals surface area (Å²) in [5, 5.41) is 11.0. The Morgan fingerprint density at radius 2 is 2.05 bits per heavy atom. The average molecular weight is 375 g/mol. The van der Waals surface area contributed by atoms with Crippen LogP contribution in [0.25, 0.3) is 0 Å². The standard InChI is InChI=1S/C14H10BrClFNO3/c15-12-6-11(17)3-2-10(12)8-21-14-4-1-9(7-16)5-13(14)18(19)20/h1-6H,7-8H2. The van der Waals surface area contributed by atoms with Gasteiger partial charge < -0.3 is 4.74 Å². The molecule has 0 radical (unpaired) electrons. The summed E-state index contributed by atoms with van der Waals surface area (Å²) in [6.07, 6.45) is 0. The van der Waals surface area contributed by atoms with Crippen molar-refractivity contribution in [3.05, 3.63) is 67.9 Å². The molecule has 0 aliphatic carbocycles. The van der Waals surface area contributed by atoms with Gasteiger partial charge in [0.05, 0.1) is 4.92 Å². The van der Waals surface area contributed by atoms with E-state index in [-0.39, 0.29) is 29.7 Å². The number of hydrogen-bond donors (Lipinski definition) is 0. The Kier molecular flexibility index (Phi) is 5.14. The molecule has 110 valence electrons. The molecule has 0 spiro atoms. The molecule has 0 amide bonds. The molecule has 0 fully saturated rings. The summed E-state index contributed by atoms with van der Waals surface area (Å²) in [5.74, 6) is -0.0434. The summed E-state index contributed by atoms with van der Waals surface area (Å²) in [6.45, 7) is 0.0852. The molecule has 0 aliphatic rings. The van der Waals surface area contributed by atoms with E-state index >= 15 is 0 Å². The molecule has 2 rings (SSSR count). The van der Waals surface area contributed by atoms with Crippen LogP contribution in [0.1, 0.15) is 11.1 Å². The van der Waals surface area contributed by atoms with Gasteiger partial charge >= 0.3 is 5.69 Å². The van der Waals surface area contributed by atoms with Crippen molar-refractivity contribution in [2.24, 2.45) is 0 Å². The van der Waals surface area contributed by atoms with Crippen LogP contribution in [0, 0.1) is 15.9 Å². The topological polar surface area (TPSA) is 52.4 Å². The first-order valence-electron chi connectivity index (χ1n) is 5.91. The highest BCUT2D eigenvalue weighted by molar-refractivity contribution is 9.10. The Balaban J connectivity index is 2.21. The highest BCUT2D eigenvalue weighted by Crippen LogP contribution is 2.30. The molecule has 0 aromatic heterocycles. The van der Waals surface area contributed by atoms with Crippen LogP contribution in [0.5, 0.6) is 5.75 Å². The lowest BCUT2D eigenvalue weighted by Crippen LogP contribution is -2.00. The zero-order valence-corrected chi connectivity index (χ0v) is 13.0. The molecule has 21 heavy (non-hydrogen) atoms. The van der Waals surface area contributed by atoms with E-state index in [9.17, 15) is 14.5 Å². The summed E-state index contributed by atoms with van der Waals surface area (Å²) in [7, 11) is 0. The van der Waals surface area contributed by atoms with E-state index in [1.165, 1.54) is 24.3 Å². The lowest BCUT2D eigenvalue weighted by molar-refractivity contribution is -0.386. The third-order valence-electron chi connectivity index (χ3n) is 2.77. The van der Waals surface area contributed by atoms with Crippen LogP contribution in [0.4, 0.5) is 10.1 Å². The molecule has 0 heterocycles. The lowest BCUT2D eigenvalue weighted by Gasteiger charge is -2.09. The van der Waals surface area contributed by atoms with Gasteiger partial charge in [0.15, 0.2) is 5.75 Å². The minimum Gasteiger partial charge on any atom is -0.482 e. The molecule has 0 aliphatic heterocycles. The number of halogens is 3. The van der Waals surface area contributed by atoms with Gasteiger partial charge in [0.2, 0.25) is 0 Å². The minimum atomic E-state index is -0.523. The zero-order valence-electron chi connectivity index (χ0n) is 10.7. The van der Waals surface area contributed by atoms with Crippen molar-refractivity contribution in [3.63, 3.8) is 0 Å². The Bertz CT molecular complexity index is 681. The number of nitrogens with zero attached hydrogens (tertiary/aromatic N) is 1. The summed E-state index contributed by atoms with van der Waals surface area (Å²) >= 11 is 8.88. The van der Waals surface area contributed by atoms with Crippen LogP contribution in [-0.2, 0) is 12.5 Å². The van der Waals surface area contributed by atoms with Crippen molar-refractivity contribution in [1.29, 1.82) is 0 Å². The molecule has 0 unspecified atom stereocenters. The maximum Gasteiger partial charge on any atom is 0.311 e. The predicted molar refractivity (Wildman–Crippen MR) is 81.1 cm³/mol. The number of hydrogen-bond acceptors (Lipinski definition) is 3. The highest BCUT2D eigenvalue weighted by Gasteiger charge is 2.16. The van der Waals surface area contributed by atoms with Crippen LogP contribution in [0.3, 0.4) is 0 Å². The largest absolute Gasteiger partial charge is 0.482 e. The summed E-state index contributed by atoms with van der Waals surface area (Å²) in [5.41, 5.74) is 1.18. The molecule has 0 saturated heterocycles. The second-order valence-corrected chi connectivity index (χ2v) is 5.34. The van der Waals surface area contributed by atoms with E-state index in [0.29, 0.717) is 15.6 Å². The highest BCUT2D eigenvalue weighted by atomic mass is 79.9. The molecule has 0 N–H and O–H groups in total. The van der Waals surface area contributed by atoms with Gasteiger partial charge in [-0.1, -0.05) is 28.1 Å². The normalized spacial score (nSPS) is 10.4. The molecule has 0 bridgehead atoms. The van der Waals surface area contributed by atoms with Crippen LogP contribution in [0.2, 0.25) is 0 Å². The number of alkyl halides is 1. The van der Waals surface area contributed by atoms with Gasteiger partial charge in [-0.2, -0.15) is 0 Å². The first kappa shape index (κ1) is 15.7. The number of rotatable bonds is 5. The van der Waals surface area contributed by atoms with Gasteiger partial charge in [0.1, 0.15) is 12.4 Å². The van der Waals surface area contributed by atoms with Crippen molar-refractivity contribution < 1.29 is 14.1 Å². The average Bonchev–Trinajstić information content (AvgIpc) is 2.46. The fraction of sp³-hybridized carbons (Fsp3) is 0.143. The molecule has 2 aromatic rings. The van der Waals surface area contributed by atoms with Gasteiger partial charge in [0.25, 0.3) is 0 Å². The van der Waals surface area contributed by atoms with E-state index in [4.69, 9.17) is 16.3 Å². The maximum absolute atomic E-state index is 13.0. The van der Waals surface area contributed by atoms with Gasteiger partial charge in [-0.3, -0.25) is 10.1 Å². The smallest absolute Gasteiger partial charge is 0.311 e. The zero-order chi connectivity index (χ0) is 15.4. The number of nitro groups is 1. The Labute approximate surface area is 133 Å². The molecular formula is C14H10BrClFNO3. The molecule has 0 saturated carbocycles. The summed E-state index contributed by atoms with van der Waals surface area (Å²) in [4.78, 5) is 10.5. The molecular weight excluding hydrogens is 365 g/mol. The van der Waals surface area contributed by atoms with E-state index in [1.54, 1.807) is 12.1 Å². The molecule has 4 nitrogen and oxygen atoms in total. The SMILES string of the molecule is O=[N+]([O-])c1cc(CCl)ccc1OCc1ccc(F)cc1Br. The van der Waals surface area contributed by atoms with Crippen molar-refractivity contribution in [3.8, 4) is 5.75 Å². The van der Waals surface area contributed by atoms with E-state index in [2.05, 4.69) is 15.9 Å². The third-order valence-corrected chi connectivity index (χ3v) is 3.82. The Morgan fingerprint density at radius 1 is 1.29 bits per heavy atom. The van der Waals surface area contributed by atoms with Crippen LogP contribution in [0.15, 0.2) is 40.9 Å². The van der Waals surface area contributed by atoms with E-state index in [0.717, 1.165) is 0 Å². The monoisotopic (exact) mass is 373 g/mol. The van der Waals surface area contributed by atoms with Gasteiger partial charge in [-0.15, -0.1) is 11.6 Å². The predicted octanol–water partition coefficient (Wildman–Crippen LogP) is 4.81. The second-order valence-electron chi connectivity index (χ2n) is 4.22. The quantitative estimate of drug-likeness (QED) is 0.428. The Hall–Kier alpha value is -1.66. The van der Waals surface area contributed by atoms with Crippen LogP contribution in [-0.4, -0.2) is 4.92 Å². The van der Waals surface area contributed by atoms with E-state index in [1.807, 2.05) is 0 Å². The maximum atomic E-state index is 13.0. The van der Waals surface area contributed by atoms with Crippen molar-refractivity contribution in [2.75, 3.05) is 0 Å². The first-order valence-corrected chi connectivity index (χ1v) is 7.24. The number of nitro benzene ring substituents is 1. The van der Waals surface area contributed by atoms with Crippen LogP contribution < -0.4 is 4.74 Å². The second kappa shape index (κ2) is 6.87. The molecule has 7 heteroatoms. The first-order chi connectivity index (χ1) is 10.0. The Morgan fingerprint density at radius 3 is 2.67 bits per heavy atom. The number of benzene rings is 2. The fourth-order valence-corrected chi connectivity index (χ4v) is 2.34. The van der Waals surface area contributed by atoms with Crippen molar-refractivity contribution in [2.45, 2.75) is 12.5 Å². The molecule has 0 atom stereocenters. The van der Waals surface area contributed by atoms with Gasteiger partial charge in [-0.05, 0) is 23.8 Å². The van der Waals surface area contributed by atoms with Gasteiger partial charge in [0, 0.05) is 22.0 Å². The van der Waals surface area contributed by atoms with Gasteiger partial charge in [-0.25, -0.2) is 4.39 Å². The van der Waals surface area contributed by atoms with Crippen LogP contribution >= 0.6 is 27.5 Å². The summed E-state index contributed by atoms with van der Waals surface area (Å²) in [6, 6.07) is 8.71. The van der Waals surface area contributed by atoms with E-state index < -0.39 is 4.92 Å². The lowest BCUT2D eigenvalue weighted by atomic mass is 10.2. The summed E-state index contributed by atoms with van der Waals surface area (Å²) < 4.78 is 19.0. The fourth-order valence-electron chi connectivity index (χ4n) is 1.71. The van der Waals surface area contributed by atoms with Crippen molar-refractivity contribution in [1.82, 2.24) is 0 Å². The minimum absolute atomic E-state index is 0.0852.